The van der Waals surface area contributed by atoms with Gasteiger partial charge < -0.3 is 10.5 Å². The maximum atomic E-state index is 12.2. The van der Waals surface area contributed by atoms with Gasteiger partial charge in [-0.2, -0.15) is 0 Å². The van der Waals surface area contributed by atoms with Gasteiger partial charge in [0.05, 0.1) is 0 Å². The van der Waals surface area contributed by atoms with Gasteiger partial charge in [0.15, 0.2) is 0 Å². The summed E-state index contributed by atoms with van der Waals surface area (Å²) in [5, 5.41) is 0. The molecule has 0 saturated heterocycles. The lowest BCUT2D eigenvalue weighted by Crippen LogP contribution is -2.17. The van der Waals surface area contributed by atoms with Crippen molar-refractivity contribution < 1.29 is 17.9 Å². The van der Waals surface area contributed by atoms with E-state index in [1.165, 1.54) is 18.2 Å². The molecule has 5 heteroatoms. The van der Waals surface area contributed by atoms with Gasteiger partial charge in [0.2, 0.25) is 0 Å². The van der Waals surface area contributed by atoms with Crippen LogP contribution in [0.2, 0.25) is 0 Å². The first-order chi connectivity index (χ1) is 9.83. The quantitative estimate of drug-likeness (QED) is 0.920. The van der Waals surface area contributed by atoms with E-state index < -0.39 is 6.36 Å². The second-order valence-electron chi connectivity index (χ2n) is 4.95. The minimum atomic E-state index is -4.68. The molecule has 1 atom stereocenters. The summed E-state index contributed by atoms with van der Waals surface area (Å²) in [7, 11) is 0. The molecule has 2 aromatic rings. The molecule has 0 spiro atoms. The average molecular weight is 295 g/mol. The van der Waals surface area contributed by atoms with E-state index in [2.05, 4.69) is 4.74 Å². The van der Waals surface area contributed by atoms with Crippen LogP contribution in [0.5, 0.6) is 5.75 Å². The Morgan fingerprint density at radius 1 is 1.05 bits per heavy atom. The standard InChI is InChI=1S/C16H16F3NO/c1-11(20)9-12-5-7-13(8-6-12)14-3-2-4-15(10-14)21-16(17,18)19/h2-8,10-11H,9,20H2,1H3. The smallest absolute Gasteiger partial charge is 0.406 e. The Balaban J connectivity index is 2.20. The number of ether oxygens (including phenoxy) is 1. The Labute approximate surface area is 121 Å². The third-order valence-corrected chi connectivity index (χ3v) is 2.91. The van der Waals surface area contributed by atoms with E-state index >= 15 is 0 Å². The van der Waals surface area contributed by atoms with Crippen LogP contribution in [0.1, 0.15) is 12.5 Å². The predicted octanol–water partition coefficient (Wildman–Crippen LogP) is 4.14. The minimum Gasteiger partial charge on any atom is -0.406 e. The highest BCUT2D eigenvalue weighted by Gasteiger charge is 2.31. The molecule has 112 valence electrons. The summed E-state index contributed by atoms with van der Waals surface area (Å²) < 4.78 is 40.6. The van der Waals surface area contributed by atoms with Crippen LogP contribution in [-0.4, -0.2) is 12.4 Å². The summed E-state index contributed by atoms with van der Waals surface area (Å²) in [4.78, 5) is 0. The Bertz CT molecular complexity index is 591. The minimum absolute atomic E-state index is 0.0689. The van der Waals surface area contributed by atoms with E-state index in [1.807, 2.05) is 31.2 Å². The highest BCUT2D eigenvalue weighted by atomic mass is 19.4. The molecular weight excluding hydrogens is 279 g/mol. The van der Waals surface area contributed by atoms with Crippen molar-refractivity contribution in [2.75, 3.05) is 0 Å². The molecule has 0 aliphatic heterocycles. The van der Waals surface area contributed by atoms with Crippen LogP contribution in [0.25, 0.3) is 11.1 Å². The fourth-order valence-corrected chi connectivity index (χ4v) is 2.08. The van der Waals surface area contributed by atoms with E-state index in [-0.39, 0.29) is 11.8 Å². The van der Waals surface area contributed by atoms with Gasteiger partial charge in [0, 0.05) is 6.04 Å². The van der Waals surface area contributed by atoms with E-state index in [4.69, 9.17) is 5.73 Å². The lowest BCUT2D eigenvalue weighted by atomic mass is 10.0. The zero-order valence-electron chi connectivity index (χ0n) is 11.5. The van der Waals surface area contributed by atoms with E-state index in [1.54, 1.807) is 6.07 Å². The van der Waals surface area contributed by atoms with Gasteiger partial charge in [0.25, 0.3) is 0 Å². The second kappa shape index (κ2) is 6.18. The van der Waals surface area contributed by atoms with Crippen LogP contribution in [0.15, 0.2) is 48.5 Å². The zero-order valence-corrected chi connectivity index (χ0v) is 11.5. The van der Waals surface area contributed by atoms with Gasteiger partial charge in [-0.05, 0) is 42.2 Å². The van der Waals surface area contributed by atoms with Crippen LogP contribution in [0.4, 0.5) is 13.2 Å². The molecule has 0 radical (unpaired) electrons. The van der Waals surface area contributed by atoms with Crippen molar-refractivity contribution in [1.29, 1.82) is 0 Å². The fourth-order valence-electron chi connectivity index (χ4n) is 2.08. The third-order valence-electron chi connectivity index (χ3n) is 2.91. The number of hydrogen-bond donors (Lipinski definition) is 1. The number of benzene rings is 2. The molecule has 0 saturated carbocycles. The Kier molecular flexibility index (Phi) is 4.53. The van der Waals surface area contributed by atoms with Crippen molar-refractivity contribution >= 4 is 0 Å². The van der Waals surface area contributed by atoms with E-state index in [0.29, 0.717) is 5.56 Å². The summed E-state index contributed by atoms with van der Waals surface area (Å²) in [6.07, 6.45) is -3.92. The topological polar surface area (TPSA) is 35.2 Å². The summed E-state index contributed by atoms with van der Waals surface area (Å²) in [5.74, 6) is -0.223. The fraction of sp³-hybridized carbons (Fsp3) is 0.250. The molecule has 0 heterocycles. The van der Waals surface area contributed by atoms with Gasteiger partial charge in [-0.15, -0.1) is 13.2 Å². The number of rotatable bonds is 4. The van der Waals surface area contributed by atoms with Crippen molar-refractivity contribution in [1.82, 2.24) is 0 Å². The van der Waals surface area contributed by atoms with Crippen LogP contribution >= 0.6 is 0 Å². The molecule has 21 heavy (non-hydrogen) atoms. The molecular formula is C16H16F3NO. The number of alkyl halides is 3. The summed E-state index contributed by atoms with van der Waals surface area (Å²) in [5.41, 5.74) is 8.32. The molecule has 0 amide bonds. The zero-order chi connectivity index (χ0) is 15.5. The molecule has 1 unspecified atom stereocenters. The Morgan fingerprint density at radius 3 is 2.29 bits per heavy atom. The van der Waals surface area contributed by atoms with Gasteiger partial charge >= 0.3 is 6.36 Å². The molecule has 2 rings (SSSR count). The van der Waals surface area contributed by atoms with Gasteiger partial charge in [-0.1, -0.05) is 36.4 Å². The van der Waals surface area contributed by atoms with Crippen LogP contribution in [0.3, 0.4) is 0 Å². The van der Waals surface area contributed by atoms with Crippen LogP contribution < -0.4 is 10.5 Å². The SMILES string of the molecule is CC(N)Cc1ccc(-c2cccc(OC(F)(F)F)c2)cc1. The molecule has 0 fully saturated rings. The highest BCUT2D eigenvalue weighted by molar-refractivity contribution is 5.65. The largest absolute Gasteiger partial charge is 0.573 e. The average Bonchev–Trinajstić information content (AvgIpc) is 2.37. The summed E-state index contributed by atoms with van der Waals surface area (Å²) in [6, 6.07) is 13.6. The molecule has 0 aromatic heterocycles. The van der Waals surface area contributed by atoms with Crippen LogP contribution in [-0.2, 0) is 6.42 Å². The normalized spacial score (nSPS) is 13.0. The molecule has 0 aliphatic carbocycles. The summed E-state index contributed by atoms with van der Waals surface area (Å²) in [6.45, 7) is 1.92. The first-order valence-electron chi connectivity index (χ1n) is 6.54. The Morgan fingerprint density at radius 2 is 1.71 bits per heavy atom. The number of halogens is 3. The first-order valence-corrected chi connectivity index (χ1v) is 6.54. The van der Waals surface area contributed by atoms with Gasteiger partial charge in [0.1, 0.15) is 5.75 Å². The number of nitrogens with two attached hydrogens (primary N) is 1. The predicted molar refractivity (Wildman–Crippen MR) is 75.9 cm³/mol. The molecule has 2 aromatic carbocycles. The Hall–Kier alpha value is -2.01. The maximum absolute atomic E-state index is 12.2. The van der Waals surface area contributed by atoms with E-state index in [9.17, 15) is 13.2 Å². The monoisotopic (exact) mass is 295 g/mol. The summed E-state index contributed by atoms with van der Waals surface area (Å²) >= 11 is 0. The van der Waals surface area contributed by atoms with Crippen molar-refractivity contribution in [2.24, 2.45) is 5.73 Å². The molecule has 0 aliphatic rings. The lowest BCUT2D eigenvalue weighted by molar-refractivity contribution is -0.274. The molecule has 2 N–H and O–H groups in total. The first kappa shape index (κ1) is 15.4. The number of hydrogen-bond acceptors (Lipinski definition) is 2. The molecule has 2 nitrogen and oxygen atoms in total. The van der Waals surface area contributed by atoms with Gasteiger partial charge in [-0.25, -0.2) is 0 Å². The third kappa shape index (κ3) is 4.79. The van der Waals surface area contributed by atoms with E-state index in [0.717, 1.165) is 17.5 Å². The van der Waals surface area contributed by atoms with Gasteiger partial charge in [-0.3, -0.25) is 0 Å². The molecule has 0 bridgehead atoms. The van der Waals surface area contributed by atoms with Crippen molar-refractivity contribution in [2.45, 2.75) is 25.7 Å². The van der Waals surface area contributed by atoms with Crippen molar-refractivity contribution in [3.8, 4) is 16.9 Å². The van der Waals surface area contributed by atoms with Crippen molar-refractivity contribution in [3.63, 3.8) is 0 Å². The van der Waals surface area contributed by atoms with Crippen LogP contribution in [0, 0.1) is 0 Å². The second-order valence-corrected chi connectivity index (χ2v) is 4.95. The highest BCUT2D eigenvalue weighted by Crippen LogP contribution is 2.28. The maximum Gasteiger partial charge on any atom is 0.573 e. The lowest BCUT2D eigenvalue weighted by Gasteiger charge is -2.11. The van der Waals surface area contributed by atoms with Crippen molar-refractivity contribution in [3.05, 3.63) is 54.1 Å².